The van der Waals surface area contributed by atoms with Gasteiger partial charge < -0.3 is 0 Å². The fourth-order valence-corrected chi connectivity index (χ4v) is 10.4. The molecule has 0 aliphatic heterocycles. The summed E-state index contributed by atoms with van der Waals surface area (Å²) in [6.45, 7) is 6.90. The third-order valence-electron chi connectivity index (χ3n) is 3.39. The van der Waals surface area contributed by atoms with Gasteiger partial charge in [-0.25, -0.2) is 0 Å². The normalized spacial score (nSPS) is 12.2. The van der Waals surface area contributed by atoms with E-state index in [1.807, 2.05) is 0 Å². The molecule has 0 radical (unpaired) electrons. The van der Waals surface area contributed by atoms with E-state index in [0.717, 1.165) is 0 Å². The number of hydrogen-bond acceptors (Lipinski definition) is 1. The fourth-order valence-electron chi connectivity index (χ4n) is 2.18. The fraction of sp³-hybridized carbons (Fsp3) is 1.00. The summed E-state index contributed by atoms with van der Waals surface area (Å²) in [5, 5.41) is 0. The molecule has 0 aliphatic rings. The van der Waals surface area contributed by atoms with Crippen LogP contribution in [0.25, 0.3) is 0 Å². The molecule has 0 aromatic carbocycles. The van der Waals surface area contributed by atoms with Crippen molar-refractivity contribution in [3.8, 4) is 0 Å². The number of unbranched alkanes of at least 4 members (excludes halogenated alkanes) is 3. The van der Waals surface area contributed by atoms with Gasteiger partial charge in [0, 0.05) is 0 Å². The van der Waals surface area contributed by atoms with Crippen LogP contribution in [0, 0.1) is 0 Å². The minimum absolute atomic E-state index is 0.606. The molecule has 0 aromatic rings. The molecule has 92 valence electrons. The van der Waals surface area contributed by atoms with Crippen LogP contribution < -0.4 is 0 Å². The van der Waals surface area contributed by atoms with Crippen molar-refractivity contribution in [2.45, 2.75) is 77.4 Å². The van der Waals surface area contributed by atoms with Gasteiger partial charge in [0.2, 0.25) is 0 Å². The van der Waals surface area contributed by atoms with Crippen LogP contribution in [0.2, 0.25) is 18.1 Å². The van der Waals surface area contributed by atoms with Crippen LogP contribution >= 0.6 is 0 Å². The first kappa shape index (κ1) is 15.7. The molecule has 0 fully saturated rings. The predicted octanol–water partition coefficient (Wildman–Crippen LogP) is 3.63. The van der Waals surface area contributed by atoms with E-state index in [1.54, 1.807) is 0 Å². The van der Waals surface area contributed by atoms with E-state index >= 15 is 0 Å². The van der Waals surface area contributed by atoms with Gasteiger partial charge in [0.25, 0.3) is 0 Å². The monoisotopic (exact) mass is 292 g/mol. The zero-order valence-corrected chi connectivity index (χ0v) is 16.5. The molecule has 0 aliphatic carbocycles. The summed E-state index contributed by atoms with van der Waals surface area (Å²) >= 11 is 0.606. The molecule has 0 saturated carbocycles. The van der Waals surface area contributed by atoms with Crippen LogP contribution in [0.1, 0.15) is 59.3 Å². The quantitative estimate of drug-likeness (QED) is 0.558. The van der Waals surface area contributed by atoms with Gasteiger partial charge in [-0.2, -0.15) is 0 Å². The van der Waals surface area contributed by atoms with E-state index in [1.165, 1.54) is 56.7 Å². The Labute approximate surface area is 106 Å². The summed E-state index contributed by atoms with van der Waals surface area (Å²) in [5.41, 5.74) is 0. The molecule has 15 heavy (non-hydrogen) atoms. The summed E-state index contributed by atoms with van der Waals surface area (Å²) in [5.74, 6) is 0. The van der Waals surface area contributed by atoms with Gasteiger partial charge in [-0.05, 0) is 0 Å². The maximum atomic E-state index is 6.17. The Morgan fingerprint density at radius 2 is 1.13 bits per heavy atom. The molecule has 0 unspecified atom stereocenters. The molecule has 0 N–H and O–H groups in total. The molecule has 0 bridgehead atoms. The molecular formula is C12H30GeOSi. The van der Waals surface area contributed by atoms with Crippen molar-refractivity contribution in [3.05, 3.63) is 0 Å². The second-order valence-corrected chi connectivity index (χ2v) is 11.5. The second-order valence-electron chi connectivity index (χ2n) is 4.70. The maximum absolute atomic E-state index is 6.17. The Balaban J connectivity index is 4.16. The summed E-state index contributed by atoms with van der Waals surface area (Å²) < 4.78 is 6.17. The topological polar surface area (TPSA) is 9.23 Å². The van der Waals surface area contributed by atoms with E-state index in [-0.39, 0.29) is 0 Å². The zero-order chi connectivity index (χ0) is 11.6. The van der Waals surface area contributed by atoms with E-state index < -0.39 is 8.32 Å². The SMILES string of the molecule is CCCC[Si](CCCC)(CCCC)[O][GeH3]. The van der Waals surface area contributed by atoms with Gasteiger partial charge in [0.15, 0.2) is 0 Å². The van der Waals surface area contributed by atoms with Crippen LogP contribution in [0.5, 0.6) is 0 Å². The van der Waals surface area contributed by atoms with E-state index in [0.29, 0.717) is 16.9 Å². The Bertz CT molecular complexity index is 120. The Kier molecular flexibility index (Phi) is 10.4. The third kappa shape index (κ3) is 6.80. The average molecular weight is 291 g/mol. The second kappa shape index (κ2) is 9.91. The molecule has 1 nitrogen and oxygen atoms in total. The van der Waals surface area contributed by atoms with Crippen molar-refractivity contribution in [1.82, 2.24) is 0 Å². The summed E-state index contributed by atoms with van der Waals surface area (Å²) in [7, 11) is -1.25. The van der Waals surface area contributed by atoms with Crippen LogP contribution in [0.4, 0.5) is 0 Å². The third-order valence-corrected chi connectivity index (χ3v) is 13.5. The summed E-state index contributed by atoms with van der Waals surface area (Å²) in [6, 6.07) is 4.31. The van der Waals surface area contributed by atoms with Gasteiger partial charge in [0.05, 0.1) is 0 Å². The molecule has 3 heteroatoms. The zero-order valence-electron chi connectivity index (χ0n) is 11.3. The molecule has 0 spiro atoms. The Hall–Kier alpha value is 0.720. The molecule has 0 amide bonds. The van der Waals surface area contributed by atoms with Crippen LogP contribution in [0.3, 0.4) is 0 Å². The molecule has 0 saturated heterocycles. The first-order valence-electron chi connectivity index (χ1n) is 6.79. The summed E-state index contributed by atoms with van der Waals surface area (Å²) in [6.07, 6.45) is 8.21. The number of rotatable bonds is 10. The van der Waals surface area contributed by atoms with Crippen molar-refractivity contribution < 1.29 is 3.45 Å². The van der Waals surface area contributed by atoms with Crippen molar-refractivity contribution in [2.75, 3.05) is 0 Å². The average Bonchev–Trinajstić information content (AvgIpc) is 2.29. The van der Waals surface area contributed by atoms with E-state index in [4.69, 9.17) is 3.45 Å². The van der Waals surface area contributed by atoms with Crippen molar-refractivity contribution in [3.63, 3.8) is 0 Å². The van der Waals surface area contributed by atoms with E-state index in [9.17, 15) is 0 Å². The van der Waals surface area contributed by atoms with Crippen LogP contribution in [0.15, 0.2) is 0 Å². The number of hydrogen-bond donors (Lipinski definition) is 0. The van der Waals surface area contributed by atoms with Crippen molar-refractivity contribution >= 4 is 25.2 Å². The van der Waals surface area contributed by atoms with Crippen molar-refractivity contribution in [2.24, 2.45) is 0 Å². The Morgan fingerprint density at radius 3 is 1.33 bits per heavy atom. The minimum atomic E-state index is -1.25. The molecule has 0 atom stereocenters. The molecule has 0 rings (SSSR count). The van der Waals surface area contributed by atoms with Crippen LogP contribution in [-0.2, 0) is 3.45 Å². The van der Waals surface area contributed by atoms with Gasteiger partial charge in [0.1, 0.15) is 0 Å². The van der Waals surface area contributed by atoms with Crippen molar-refractivity contribution in [1.29, 1.82) is 0 Å². The van der Waals surface area contributed by atoms with Gasteiger partial charge in [-0.1, -0.05) is 0 Å². The molecule has 0 aromatic heterocycles. The molecular weight excluding hydrogens is 261 g/mol. The predicted molar refractivity (Wildman–Crippen MR) is 75.9 cm³/mol. The van der Waals surface area contributed by atoms with Gasteiger partial charge in [-0.3, -0.25) is 0 Å². The van der Waals surface area contributed by atoms with Gasteiger partial charge in [-0.15, -0.1) is 0 Å². The standard InChI is InChI=1S/C12H30GeOSi/c1-4-7-10-15(14-13,11-8-5-2)12-9-6-3/h4-12H2,1-3,13H3. The first-order chi connectivity index (χ1) is 7.24. The summed E-state index contributed by atoms with van der Waals surface area (Å²) in [4.78, 5) is 0. The first-order valence-corrected chi connectivity index (χ1v) is 11.0. The van der Waals surface area contributed by atoms with Gasteiger partial charge >= 0.3 is 106 Å². The van der Waals surface area contributed by atoms with Crippen LogP contribution in [-0.4, -0.2) is 25.2 Å². The molecule has 0 heterocycles. The van der Waals surface area contributed by atoms with E-state index in [2.05, 4.69) is 20.8 Å². The Morgan fingerprint density at radius 1 is 0.800 bits per heavy atom.